The third-order valence-electron chi connectivity index (χ3n) is 5.61. The van der Waals surface area contributed by atoms with Gasteiger partial charge in [0, 0.05) is 35.5 Å². The maximum Gasteiger partial charge on any atom is 0.272 e. The minimum atomic E-state index is -0.461. The maximum absolute atomic E-state index is 13.1. The molecule has 0 unspecified atom stereocenters. The fourth-order valence-electron chi connectivity index (χ4n) is 3.89. The number of aromatic nitrogens is 3. The van der Waals surface area contributed by atoms with Crippen molar-refractivity contribution in [1.82, 2.24) is 19.5 Å². The first kappa shape index (κ1) is 19.1. The van der Waals surface area contributed by atoms with Gasteiger partial charge < -0.3 is 10.6 Å². The van der Waals surface area contributed by atoms with Gasteiger partial charge in [-0.05, 0) is 50.8 Å². The van der Waals surface area contributed by atoms with Gasteiger partial charge in [-0.1, -0.05) is 19.1 Å². The Labute approximate surface area is 169 Å². The van der Waals surface area contributed by atoms with Gasteiger partial charge in [0.15, 0.2) is 5.65 Å². The number of nitrogens with zero attached hydrogens (tertiary/aromatic N) is 4. The second kappa shape index (κ2) is 7.66. The number of amides is 2. The molecule has 0 aliphatic carbocycles. The molecular formula is C22H25N5O2. The van der Waals surface area contributed by atoms with E-state index in [9.17, 15) is 9.59 Å². The first-order chi connectivity index (χ1) is 14.0. The molecule has 0 saturated carbocycles. The summed E-state index contributed by atoms with van der Waals surface area (Å²) in [7, 11) is 0. The Balaban J connectivity index is 1.72. The Morgan fingerprint density at radius 2 is 1.93 bits per heavy atom. The number of piperidine rings is 1. The fraction of sp³-hybridized carbons (Fsp3) is 0.364. The van der Waals surface area contributed by atoms with E-state index < -0.39 is 5.91 Å². The van der Waals surface area contributed by atoms with Gasteiger partial charge in [0.1, 0.15) is 5.69 Å². The van der Waals surface area contributed by atoms with Crippen LogP contribution in [0.25, 0.3) is 16.9 Å². The summed E-state index contributed by atoms with van der Waals surface area (Å²) in [6.07, 6.45) is 3.97. The molecule has 0 bridgehead atoms. The smallest absolute Gasteiger partial charge is 0.272 e. The van der Waals surface area contributed by atoms with Gasteiger partial charge in [-0.15, -0.1) is 0 Å². The molecule has 1 atom stereocenters. The first-order valence-corrected chi connectivity index (χ1v) is 10.1. The van der Waals surface area contributed by atoms with Gasteiger partial charge in [-0.3, -0.25) is 9.59 Å². The van der Waals surface area contributed by atoms with Crippen LogP contribution >= 0.6 is 0 Å². The highest BCUT2D eigenvalue weighted by Crippen LogP contribution is 2.23. The van der Waals surface area contributed by atoms with Gasteiger partial charge in [-0.2, -0.15) is 5.10 Å². The third kappa shape index (κ3) is 3.60. The number of nitrogens with two attached hydrogens (primary N) is 1. The SMILES string of the molecule is CCc1cc(C(=O)N2CCCC[C@H]2C)nc2cc(-c3ccc(C(N)=O)cc3)nn12. The van der Waals surface area contributed by atoms with E-state index in [1.54, 1.807) is 16.6 Å². The lowest BCUT2D eigenvalue weighted by Crippen LogP contribution is -2.42. The molecule has 4 rings (SSSR count). The average Bonchev–Trinajstić information content (AvgIpc) is 3.17. The second-order valence-corrected chi connectivity index (χ2v) is 7.57. The minimum Gasteiger partial charge on any atom is -0.366 e. The van der Waals surface area contributed by atoms with Crippen molar-refractivity contribution >= 4 is 17.5 Å². The van der Waals surface area contributed by atoms with E-state index >= 15 is 0 Å². The highest BCUT2D eigenvalue weighted by Gasteiger charge is 2.26. The summed E-state index contributed by atoms with van der Waals surface area (Å²) in [5.41, 5.74) is 9.41. The number of likely N-dealkylation sites (tertiary alicyclic amines) is 1. The molecule has 150 valence electrons. The Morgan fingerprint density at radius 1 is 1.17 bits per heavy atom. The van der Waals surface area contributed by atoms with Crippen LogP contribution in [0.3, 0.4) is 0 Å². The minimum absolute atomic E-state index is 0.0111. The van der Waals surface area contributed by atoms with E-state index in [1.807, 2.05) is 36.1 Å². The summed E-state index contributed by atoms with van der Waals surface area (Å²) < 4.78 is 1.79. The molecule has 2 aromatic heterocycles. The van der Waals surface area contributed by atoms with Gasteiger partial charge >= 0.3 is 0 Å². The van der Waals surface area contributed by atoms with Gasteiger partial charge in [0.2, 0.25) is 5.91 Å². The number of carbonyl (C=O) groups excluding carboxylic acids is 2. The van der Waals surface area contributed by atoms with E-state index in [-0.39, 0.29) is 11.9 Å². The monoisotopic (exact) mass is 391 g/mol. The molecule has 1 aromatic carbocycles. The van der Waals surface area contributed by atoms with Crippen LogP contribution in [0, 0.1) is 0 Å². The Kier molecular flexibility index (Phi) is 5.05. The van der Waals surface area contributed by atoms with Gasteiger partial charge in [0.05, 0.1) is 5.69 Å². The molecule has 2 N–H and O–H groups in total. The fourth-order valence-corrected chi connectivity index (χ4v) is 3.89. The van der Waals surface area contributed by atoms with E-state index in [1.165, 1.54) is 0 Å². The van der Waals surface area contributed by atoms with Crippen LogP contribution in [0.2, 0.25) is 0 Å². The predicted octanol–water partition coefficient (Wildman–Crippen LogP) is 3.07. The van der Waals surface area contributed by atoms with Crippen LogP contribution in [0.4, 0.5) is 0 Å². The summed E-state index contributed by atoms with van der Waals surface area (Å²) in [6, 6.07) is 11.0. The summed E-state index contributed by atoms with van der Waals surface area (Å²) in [5, 5.41) is 4.67. The van der Waals surface area contributed by atoms with Crippen molar-refractivity contribution < 1.29 is 9.59 Å². The number of hydrogen-bond acceptors (Lipinski definition) is 4. The van der Waals surface area contributed by atoms with E-state index in [2.05, 4.69) is 17.0 Å². The highest BCUT2D eigenvalue weighted by molar-refractivity contribution is 5.94. The molecule has 7 heteroatoms. The lowest BCUT2D eigenvalue weighted by atomic mass is 10.0. The zero-order valence-electron chi connectivity index (χ0n) is 16.8. The molecule has 3 aromatic rings. The van der Waals surface area contributed by atoms with Crippen LogP contribution in [0.15, 0.2) is 36.4 Å². The number of rotatable bonds is 4. The summed E-state index contributed by atoms with van der Waals surface area (Å²) in [6.45, 7) is 4.92. The van der Waals surface area contributed by atoms with Crippen molar-refractivity contribution in [3.63, 3.8) is 0 Å². The van der Waals surface area contributed by atoms with Crippen LogP contribution in [0.1, 0.15) is 59.7 Å². The lowest BCUT2D eigenvalue weighted by molar-refractivity contribution is 0.0629. The van der Waals surface area contributed by atoms with Crippen LogP contribution in [-0.2, 0) is 6.42 Å². The van der Waals surface area contributed by atoms with Crippen LogP contribution in [0.5, 0.6) is 0 Å². The van der Waals surface area contributed by atoms with Gasteiger partial charge in [0.25, 0.3) is 5.91 Å². The summed E-state index contributed by atoms with van der Waals surface area (Å²) in [4.78, 5) is 30.9. The number of primary amides is 1. The molecule has 2 amide bonds. The van der Waals surface area contributed by atoms with Crippen molar-refractivity contribution in [2.75, 3.05) is 6.54 Å². The molecule has 0 spiro atoms. The van der Waals surface area contributed by atoms with E-state index in [4.69, 9.17) is 5.73 Å². The third-order valence-corrected chi connectivity index (χ3v) is 5.61. The summed E-state index contributed by atoms with van der Waals surface area (Å²) >= 11 is 0. The van der Waals surface area contributed by atoms with Crippen molar-refractivity contribution in [3.8, 4) is 11.3 Å². The zero-order chi connectivity index (χ0) is 20.5. The topological polar surface area (TPSA) is 93.6 Å². The quantitative estimate of drug-likeness (QED) is 0.740. The molecule has 0 radical (unpaired) electrons. The first-order valence-electron chi connectivity index (χ1n) is 10.1. The highest BCUT2D eigenvalue weighted by atomic mass is 16.2. The molecule has 1 saturated heterocycles. The Morgan fingerprint density at radius 3 is 2.59 bits per heavy atom. The molecule has 7 nitrogen and oxygen atoms in total. The standard InChI is InChI=1S/C22H25N5O2/c1-3-17-12-19(22(29)26-11-5-4-6-14(26)2)24-20-13-18(25-27(17)20)15-7-9-16(10-8-15)21(23)28/h7-10,12-14H,3-6,11H2,1-2H3,(H2,23,28)/t14-/m1/s1. The number of benzene rings is 1. The predicted molar refractivity (Wildman–Crippen MR) is 111 cm³/mol. The Bertz CT molecular complexity index is 1070. The lowest BCUT2D eigenvalue weighted by Gasteiger charge is -2.33. The van der Waals surface area contributed by atoms with Crippen molar-refractivity contribution in [1.29, 1.82) is 0 Å². The van der Waals surface area contributed by atoms with Crippen LogP contribution in [-0.4, -0.2) is 43.9 Å². The van der Waals surface area contributed by atoms with Crippen molar-refractivity contribution in [2.45, 2.75) is 45.6 Å². The normalized spacial score (nSPS) is 16.9. The molecule has 3 heterocycles. The average molecular weight is 391 g/mol. The molecule has 1 fully saturated rings. The maximum atomic E-state index is 13.1. The van der Waals surface area contributed by atoms with Crippen molar-refractivity contribution in [2.24, 2.45) is 5.73 Å². The largest absolute Gasteiger partial charge is 0.366 e. The van der Waals surface area contributed by atoms with Crippen molar-refractivity contribution in [3.05, 3.63) is 53.3 Å². The van der Waals surface area contributed by atoms with Gasteiger partial charge in [-0.25, -0.2) is 9.50 Å². The number of aryl methyl sites for hydroxylation is 1. The Hall–Kier alpha value is -3.22. The number of carbonyl (C=O) groups is 2. The van der Waals surface area contributed by atoms with E-state index in [0.717, 1.165) is 49.2 Å². The molecule has 1 aliphatic rings. The number of hydrogen-bond donors (Lipinski definition) is 1. The van der Waals surface area contributed by atoms with Crippen LogP contribution < -0.4 is 5.73 Å². The second-order valence-electron chi connectivity index (χ2n) is 7.57. The zero-order valence-corrected chi connectivity index (χ0v) is 16.8. The molecular weight excluding hydrogens is 366 g/mol. The molecule has 1 aliphatic heterocycles. The van der Waals surface area contributed by atoms with E-state index in [0.29, 0.717) is 16.9 Å². The summed E-state index contributed by atoms with van der Waals surface area (Å²) in [5.74, 6) is -0.473. The molecule has 29 heavy (non-hydrogen) atoms. The number of fused-ring (bicyclic) bond motifs is 1.